The Morgan fingerprint density at radius 3 is 2.74 bits per heavy atom. The number of aromatic nitrogens is 2. The van der Waals surface area contributed by atoms with Crippen LogP contribution < -0.4 is 9.64 Å². The molecule has 19 heavy (non-hydrogen) atoms. The van der Waals surface area contributed by atoms with Crippen molar-refractivity contribution in [3.8, 4) is 5.88 Å². The zero-order valence-corrected chi connectivity index (χ0v) is 11.7. The van der Waals surface area contributed by atoms with Gasteiger partial charge in [0.1, 0.15) is 0 Å². The van der Waals surface area contributed by atoms with E-state index in [2.05, 4.69) is 9.97 Å². The van der Waals surface area contributed by atoms with Crippen molar-refractivity contribution >= 4 is 5.95 Å². The van der Waals surface area contributed by atoms with E-state index in [1.165, 1.54) is 0 Å². The molecular formula is C13H21N3O3. The van der Waals surface area contributed by atoms with E-state index >= 15 is 0 Å². The Balaban J connectivity index is 2.10. The fraction of sp³-hybridized carbons (Fsp3) is 0.692. The molecule has 0 atom stereocenters. The average Bonchev–Trinajstić information content (AvgIpc) is 2.38. The molecule has 1 N–H and O–H groups in total. The third kappa shape index (κ3) is 3.54. The molecule has 0 radical (unpaired) electrons. The lowest BCUT2D eigenvalue weighted by Crippen LogP contribution is -2.46. The highest BCUT2D eigenvalue weighted by Gasteiger charge is 2.31. The van der Waals surface area contributed by atoms with Crippen LogP contribution >= 0.6 is 0 Å². The van der Waals surface area contributed by atoms with Crippen molar-refractivity contribution < 1.29 is 14.6 Å². The predicted molar refractivity (Wildman–Crippen MR) is 71.6 cm³/mol. The standard InChI is InChI=1S/C13H21N3O3/c1-10-8-11(18-3)15-12(14-10)16(2)9-13(17)4-6-19-7-5-13/h8,17H,4-7,9H2,1-3H3. The first-order valence-electron chi connectivity index (χ1n) is 6.43. The molecule has 0 saturated carbocycles. The summed E-state index contributed by atoms with van der Waals surface area (Å²) in [6.07, 6.45) is 1.28. The van der Waals surface area contributed by atoms with Gasteiger partial charge in [0.2, 0.25) is 11.8 Å². The van der Waals surface area contributed by atoms with E-state index in [1.54, 1.807) is 13.2 Å². The van der Waals surface area contributed by atoms with Gasteiger partial charge in [-0.05, 0) is 6.92 Å². The Bertz CT molecular complexity index is 433. The molecule has 0 amide bonds. The monoisotopic (exact) mass is 267 g/mol. The summed E-state index contributed by atoms with van der Waals surface area (Å²) in [7, 11) is 3.46. The zero-order valence-electron chi connectivity index (χ0n) is 11.7. The Morgan fingerprint density at radius 1 is 1.42 bits per heavy atom. The minimum Gasteiger partial charge on any atom is -0.481 e. The maximum atomic E-state index is 10.5. The molecule has 0 spiro atoms. The maximum absolute atomic E-state index is 10.5. The van der Waals surface area contributed by atoms with Crippen LogP contribution in [0, 0.1) is 6.92 Å². The summed E-state index contributed by atoms with van der Waals surface area (Å²) in [6, 6.07) is 1.78. The third-order valence-corrected chi connectivity index (χ3v) is 3.32. The van der Waals surface area contributed by atoms with Gasteiger partial charge in [0.05, 0.1) is 12.7 Å². The van der Waals surface area contributed by atoms with E-state index in [1.807, 2.05) is 18.9 Å². The lowest BCUT2D eigenvalue weighted by atomic mass is 9.94. The molecule has 0 aromatic carbocycles. The first-order chi connectivity index (χ1) is 9.02. The molecule has 1 aliphatic heterocycles. The van der Waals surface area contributed by atoms with Gasteiger partial charge in [-0.3, -0.25) is 0 Å². The summed E-state index contributed by atoms with van der Waals surface area (Å²) in [5.41, 5.74) is 0.112. The molecule has 0 bridgehead atoms. The first-order valence-corrected chi connectivity index (χ1v) is 6.43. The van der Waals surface area contributed by atoms with Crippen LogP contribution in [0.15, 0.2) is 6.07 Å². The molecular weight excluding hydrogens is 246 g/mol. The molecule has 6 nitrogen and oxygen atoms in total. The smallest absolute Gasteiger partial charge is 0.228 e. The molecule has 0 unspecified atom stereocenters. The molecule has 2 rings (SSSR count). The minimum absolute atomic E-state index is 0.489. The normalized spacial score (nSPS) is 18.1. The Labute approximate surface area is 113 Å². The topological polar surface area (TPSA) is 67.7 Å². The second kappa shape index (κ2) is 5.71. The minimum atomic E-state index is -0.729. The van der Waals surface area contributed by atoms with Gasteiger partial charge in [-0.25, -0.2) is 4.98 Å². The number of hydrogen-bond acceptors (Lipinski definition) is 6. The van der Waals surface area contributed by atoms with Crippen LogP contribution in [-0.2, 0) is 4.74 Å². The average molecular weight is 267 g/mol. The van der Waals surface area contributed by atoms with Gasteiger partial charge in [0, 0.05) is 51.4 Å². The summed E-state index contributed by atoms with van der Waals surface area (Å²) in [4.78, 5) is 10.5. The Kier molecular flexibility index (Phi) is 4.21. The number of methoxy groups -OCH3 is 1. The number of likely N-dealkylation sites (N-methyl/N-ethyl adjacent to an activating group) is 1. The van der Waals surface area contributed by atoms with Crippen molar-refractivity contribution in [2.45, 2.75) is 25.4 Å². The summed E-state index contributed by atoms with van der Waals surface area (Å²) in [6.45, 7) is 3.58. The molecule has 1 aromatic rings. The van der Waals surface area contributed by atoms with Crippen molar-refractivity contribution in [3.63, 3.8) is 0 Å². The van der Waals surface area contributed by atoms with Gasteiger partial charge in [-0.1, -0.05) is 0 Å². The summed E-state index contributed by atoms with van der Waals surface area (Å²) < 4.78 is 10.4. The fourth-order valence-corrected chi connectivity index (χ4v) is 2.22. The van der Waals surface area contributed by atoms with Crippen molar-refractivity contribution in [2.24, 2.45) is 0 Å². The van der Waals surface area contributed by atoms with Crippen LogP contribution in [0.1, 0.15) is 18.5 Å². The number of ether oxygens (including phenoxy) is 2. The van der Waals surface area contributed by atoms with Crippen LogP contribution in [0.4, 0.5) is 5.95 Å². The SMILES string of the molecule is COc1cc(C)nc(N(C)CC2(O)CCOCC2)n1. The maximum Gasteiger partial charge on any atom is 0.228 e. The number of aliphatic hydroxyl groups is 1. The lowest BCUT2D eigenvalue weighted by molar-refractivity contribution is -0.0574. The molecule has 6 heteroatoms. The number of aryl methyl sites for hydroxylation is 1. The third-order valence-electron chi connectivity index (χ3n) is 3.32. The fourth-order valence-electron chi connectivity index (χ4n) is 2.22. The van der Waals surface area contributed by atoms with Crippen LogP contribution in [0.2, 0.25) is 0 Å². The van der Waals surface area contributed by atoms with Gasteiger partial charge in [-0.2, -0.15) is 4.98 Å². The quantitative estimate of drug-likeness (QED) is 0.869. The van der Waals surface area contributed by atoms with Crippen LogP contribution in [0.25, 0.3) is 0 Å². The number of hydrogen-bond donors (Lipinski definition) is 1. The number of nitrogens with zero attached hydrogens (tertiary/aromatic N) is 3. The van der Waals surface area contributed by atoms with Gasteiger partial charge in [-0.15, -0.1) is 0 Å². The molecule has 106 valence electrons. The Hall–Kier alpha value is -1.40. The van der Waals surface area contributed by atoms with Crippen molar-refractivity contribution in [1.82, 2.24) is 9.97 Å². The van der Waals surface area contributed by atoms with E-state index in [4.69, 9.17) is 9.47 Å². The largest absolute Gasteiger partial charge is 0.481 e. The van der Waals surface area contributed by atoms with Crippen molar-refractivity contribution in [2.75, 3.05) is 38.8 Å². The van der Waals surface area contributed by atoms with Gasteiger partial charge >= 0.3 is 0 Å². The molecule has 2 heterocycles. The van der Waals surface area contributed by atoms with Crippen molar-refractivity contribution in [1.29, 1.82) is 0 Å². The zero-order chi connectivity index (χ0) is 13.9. The lowest BCUT2D eigenvalue weighted by Gasteiger charge is -2.35. The van der Waals surface area contributed by atoms with Crippen LogP contribution in [0.5, 0.6) is 5.88 Å². The van der Waals surface area contributed by atoms with Gasteiger partial charge < -0.3 is 19.5 Å². The first kappa shape index (κ1) is 14.0. The second-order valence-electron chi connectivity index (χ2n) is 5.04. The number of anilines is 1. The van der Waals surface area contributed by atoms with Crippen LogP contribution in [-0.4, -0.2) is 54.6 Å². The highest BCUT2D eigenvalue weighted by atomic mass is 16.5. The number of rotatable bonds is 4. The predicted octanol–water partition coefficient (Wildman–Crippen LogP) is 0.771. The summed E-state index contributed by atoms with van der Waals surface area (Å²) in [5.74, 6) is 1.10. The Morgan fingerprint density at radius 2 is 2.11 bits per heavy atom. The highest BCUT2D eigenvalue weighted by molar-refractivity contribution is 5.34. The summed E-state index contributed by atoms with van der Waals surface area (Å²) in [5, 5.41) is 10.5. The van der Waals surface area contributed by atoms with E-state index in [-0.39, 0.29) is 0 Å². The highest BCUT2D eigenvalue weighted by Crippen LogP contribution is 2.23. The second-order valence-corrected chi connectivity index (χ2v) is 5.04. The van der Waals surface area contributed by atoms with E-state index < -0.39 is 5.60 Å². The van der Waals surface area contributed by atoms with E-state index in [9.17, 15) is 5.11 Å². The van der Waals surface area contributed by atoms with Crippen LogP contribution in [0.3, 0.4) is 0 Å². The van der Waals surface area contributed by atoms with Gasteiger partial charge in [0.25, 0.3) is 0 Å². The van der Waals surface area contributed by atoms with E-state index in [0.717, 1.165) is 5.69 Å². The van der Waals surface area contributed by atoms with E-state index in [0.29, 0.717) is 44.4 Å². The molecule has 0 aliphatic carbocycles. The van der Waals surface area contributed by atoms with Gasteiger partial charge in [0.15, 0.2) is 0 Å². The van der Waals surface area contributed by atoms with Crippen molar-refractivity contribution in [3.05, 3.63) is 11.8 Å². The molecule has 1 aliphatic rings. The molecule has 1 aromatic heterocycles. The molecule has 1 fully saturated rings. The summed E-state index contributed by atoms with van der Waals surface area (Å²) >= 11 is 0. The molecule has 1 saturated heterocycles.